The zero-order valence-electron chi connectivity index (χ0n) is 11.1. The topological polar surface area (TPSA) is 12.0 Å². The zero-order chi connectivity index (χ0) is 14.0. The predicted octanol–water partition coefficient (Wildman–Crippen LogP) is 6.16. The van der Waals surface area contributed by atoms with Gasteiger partial charge in [-0.2, -0.15) is 0 Å². The maximum Gasteiger partial charge on any atom is 0.0991 e. The molecule has 0 amide bonds. The van der Waals surface area contributed by atoms with Gasteiger partial charge in [-0.1, -0.05) is 43.1 Å². The van der Waals surface area contributed by atoms with Crippen molar-refractivity contribution >= 4 is 45.9 Å². The monoisotopic (exact) mass is 333 g/mol. The second-order valence-corrected chi connectivity index (χ2v) is 8.17. The molecule has 0 saturated carbocycles. The smallest absolute Gasteiger partial charge is 0.0991 e. The molecule has 2 rings (SSSR count). The first-order valence-electron chi connectivity index (χ1n) is 6.23. The molecule has 0 aliphatic heterocycles. The van der Waals surface area contributed by atoms with E-state index in [2.05, 4.69) is 43.6 Å². The lowest BCUT2D eigenvalue weighted by Crippen LogP contribution is -2.27. The van der Waals surface area contributed by atoms with E-state index in [4.69, 9.17) is 23.2 Å². The second kappa shape index (κ2) is 6.59. The Kier molecular flexibility index (Phi) is 5.32. The Morgan fingerprint density at radius 3 is 2.42 bits per heavy atom. The van der Waals surface area contributed by atoms with Crippen molar-refractivity contribution in [2.45, 2.75) is 32.9 Å². The van der Waals surface area contributed by atoms with E-state index >= 15 is 0 Å². The first-order valence-corrected chi connectivity index (χ1v) is 8.68. The minimum atomic E-state index is 0.186. The summed E-state index contributed by atoms with van der Waals surface area (Å²) in [5.41, 5.74) is 1.08. The third kappa shape index (κ3) is 3.73. The molecule has 0 aliphatic carbocycles. The Labute approximate surface area is 132 Å². The molecule has 2 heterocycles. The van der Waals surface area contributed by atoms with Gasteiger partial charge in [0.05, 0.1) is 8.67 Å². The average Bonchev–Trinajstić information content (AvgIpc) is 2.95. The largest absolute Gasteiger partial charge is 0.302 e. The Bertz CT molecular complexity index is 520. The number of halogens is 2. The first kappa shape index (κ1) is 15.3. The molecule has 0 aromatic carbocycles. The SMILES string of the molecule is CC(NC(c1cccs1)C(C)C)c1cc(Cl)sc1Cl. The summed E-state index contributed by atoms with van der Waals surface area (Å²) in [7, 11) is 0. The molecule has 0 spiro atoms. The van der Waals surface area contributed by atoms with Gasteiger partial charge < -0.3 is 5.32 Å². The lowest BCUT2D eigenvalue weighted by atomic mass is 10.0. The molecule has 104 valence electrons. The van der Waals surface area contributed by atoms with Crippen LogP contribution in [0.1, 0.15) is 43.3 Å². The standard InChI is InChI=1S/C14H17Cl2NS2/c1-8(2)13(11-5-4-6-18-11)17-9(3)10-7-12(15)19-14(10)16/h4-9,13,17H,1-3H3. The third-order valence-corrected chi connectivity index (χ3v) is 5.57. The van der Waals surface area contributed by atoms with Crippen molar-refractivity contribution in [2.24, 2.45) is 5.92 Å². The molecular formula is C14H17Cl2NS2. The summed E-state index contributed by atoms with van der Waals surface area (Å²) in [6.45, 7) is 6.59. The summed E-state index contributed by atoms with van der Waals surface area (Å²) in [6, 6.07) is 6.75. The summed E-state index contributed by atoms with van der Waals surface area (Å²) < 4.78 is 1.52. The summed E-state index contributed by atoms with van der Waals surface area (Å²) in [5.74, 6) is 0.522. The van der Waals surface area contributed by atoms with E-state index in [-0.39, 0.29) is 6.04 Å². The van der Waals surface area contributed by atoms with Crippen LogP contribution in [-0.4, -0.2) is 0 Å². The zero-order valence-corrected chi connectivity index (χ0v) is 14.3. The molecule has 2 atom stereocenters. The van der Waals surface area contributed by atoms with E-state index in [9.17, 15) is 0 Å². The summed E-state index contributed by atoms with van der Waals surface area (Å²) in [6.07, 6.45) is 0. The Balaban J connectivity index is 2.16. The third-order valence-electron chi connectivity index (χ3n) is 3.10. The van der Waals surface area contributed by atoms with Gasteiger partial charge in [0.15, 0.2) is 0 Å². The van der Waals surface area contributed by atoms with Crippen molar-refractivity contribution in [2.75, 3.05) is 0 Å². The van der Waals surface area contributed by atoms with Crippen molar-refractivity contribution < 1.29 is 0 Å². The van der Waals surface area contributed by atoms with Crippen LogP contribution in [0, 0.1) is 5.92 Å². The van der Waals surface area contributed by atoms with Gasteiger partial charge in [-0.3, -0.25) is 0 Å². The van der Waals surface area contributed by atoms with Gasteiger partial charge in [0.25, 0.3) is 0 Å². The lowest BCUT2D eigenvalue weighted by molar-refractivity contribution is 0.380. The number of thiophene rings is 2. The molecular weight excluding hydrogens is 317 g/mol. The predicted molar refractivity (Wildman–Crippen MR) is 87.8 cm³/mol. The van der Waals surface area contributed by atoms with Gasteiger partial charge in [0, 0.05) is 17.0 Å². The normalized spacial score (nSPS) is 14.8. The molecule has 2 aromatic heterocycles. The van der Waals surface area contributed by atoms with Crippen LogP contribution < -0.4 is 5.32 Å². The van der Waals surface area contributed by atoms with E-state index in [1.54, 1.807) is 11.3 Å². The highest BCUT2D eigenvalue weighted by Gasteiger charge is 2.21. The van der Waals surface area contributed by atoms with E-state index in [0.717, 1.165) is 14.2 Å². The highest BCUT2D eigenvalue weighted by molar-refractivity contribution is 7.20. The van der Waals surface area contributed by atoms with Crippen LogP contribution in [0.3, 0.4) is 0 Å². The van der Waals surface area contributed by atoms with Crippen LogP contribution in [0.2, 0.25) is 8.67 Å². The van der Waals surface area contributed by atoms with Gasteiger partial charge in [-0.15, -0.1) is 22.7 Å². The minimum absolute atomic E-state index is 0.186. The molecule has 19 heavy (non-hydrogen) atoms. The van der Waals surface area contributed by atoms with E-state index < -0.39 is 0 Å². The maximum absolute atomic E-state index is 6.22. The number of nitrogens with one attached hydrogen (secondary N) is 1. The van der Waals surface area contributed by atoms with Gasteiger partial charge in [0.2, 0.25) is 0 Å². The van der Waals surface area contributed by atoms with Crippen molar-refractivity contribution in [1.29, 1.82) is 0 Å². The number of hydrogen-bond acceptors (Lipinski definition) is 3. The fraction of sp³-hybridized carbons (Fsp3) is 0.429. The Hall–Kier alpha value is -0.0600. The van der Waals surface area contributed by atoms with Crippen molar-refractivity contribution in [3.05, 3.63) is 42.7 Å². The fourth-order valence-electron chi connectivity index (χ4n) is 2.08. The summed E-state index contributed by atoms with van der Waals surface area (Å²) in [5, 5.41) is 5.78. The maximum atomic E-state index is 6.22. The van der Waals surface area contributed by atoms with Gasteiger partial charge >= 0.3 is 0 Å². The molecule has 0 radical (unpaired) electrons. The van der Waals surface area contributed by atoms with E-state index in [1.165, 1.54) is 16.2 Å². The summed E-state index contributed by atoms with van der Waals surface area (Å²) >= 11 is 15.5. The average molecular weight is 334 g/mol. The first-order chi connectivity index (χ1) is 8.99. The van der Waals surface area contributed by atoms with Crippen molar-refractivity contribution in [1.82, 2.24) is 5.32 Å². The quantitative estimate of drug-likeness (QED) is 0.690. The fourth-order valence-corrected chi connectivity index (χ4v) is 4.68. The molecule has 0 fully saturated rings. The van der Waals surface area contributed by atoms with Gasteiger partial charge in [-0.25, -0.2) is 0 Å². The minimum Gasteiger partial charge on any atom is -0.302 e. The second-order valence-electron chi connectivity index (χ2n) is 4.91. The Morgan fingerprint density at radius 1 is 1.21 bits per heavy atom. The number of hydrogen-bond donors (Lipinski definition) is 1. The van der Waals surface area contributed by atoms with Crippen LogP contribution in [0.4, 0.5) is 0 Å². The molecule has 2 unspecified atom stereocenters. The Morgan fingerprint density at radius 2 is 1.95 bits per heavy atom. The lowest BCUT2D eigenvalue weighted by Gasteiger charge is -2.25. The summed E-state index contributed by atoms with van der Waals surface area (Å²) in [4.78, 5) is 1.36. The van der Waals surface area contributed by atoms with Crippen LogP contribution >= 0.6 is 45.9 Å². The molecule has 0 aliphatic rings. The van der Waals surface area contributed by atoms with Crippen LogP contribution in [0.15, 0.2) is 23.6 Å². The van der Waals surface area contributed by atoms with Crippen molar-refractivity contribution in [3.63, 3.8) is 0 Å². The van der Waals surface area contributed by atoms with Crippen molar-refractivity contribution in [3.8, 4) is 0 Å². The number of rotatable bonds is 5. The molecule has 0 bridgehead atoms. The molecule has 5 heteroatoms. The molecule has 2 aromatic rings. The molecule has 1 nitrogen and oxygen atoms in total. The van der Waals surface area contributed by atoms with Crippen LogP contribution in [0.25, 0.3) is 0 Å². The molecule has 1 N–H and O–H groups in total. The van der Waals surface area contributed by atoms with Crippen LogP contribution in [-0.2, 0) is 0 Å². The highest BCUT2D eigenvalue weighted by atomic mass is 35.5. The van der Waals surface area contributed by atoms with Gasteiger partial charge in [-0.05, 0) is 35.9 Å². The highest BCUT2D eigenvalue weighted by Crippen LogP contribution is 2.37. The molecule has 0 saturated heterocycles. The van der Waals surface area contributed by atoms with Crippen LogP contribution in [0.5, 0.6) is 0 Å². The van der Waals surface area contributed by atoms with E-state index in [1.807, 2.05) is 6.07 Å². The van der Waals surface area contributed by atoms with E-state index in [0.29, 0.717) is 12.0 Å². The van der Waals surface area contributed by atoms with Gasteiger partial charge in [0.1, 0.15) is 0 Å².